The van der Waals surface area contributed by atoms with Gasteiger partial charge in [0.15, 0.2) is 0 Å². The van der Waals surface area contributed by atoms with Gasteiger partial charge in [0.25, 0.3) is 0 Å². The molecule has 0 heterocycles. The molecule has 1 fully saturated rings. The van der Waals surface area contributed by atoms with Crippen LogP contribution in [0.5, 0.6) is 0 Å². The van der Waals surface area contributed by atoms with E-state index in [0.717, 1.165) is 53.3 Å². The monoisotopic (exact) mass is 308 g/mol. The highest BCUT2D eigenvalue weighted by Crippen LogP contribution is 2.49. The molecule has 0 bridgehead atoms. The van der Waals surface area contributed by atoms with E-state index >= 15 is 0 Å². The molecular formula is C22H44. The van der Waals surface area contributed by atoms with Gasteiger partial charge in [-0.05, 0) is 78.9 Å². The summed E-state index contributed by atoms with van der Waals surface area (Å²) >= 11 is 0. The lowest BCUT2D eigenvalue weighted by molar-refractivity contribution is 0.0204. The predicted octanol–water partition coefficient (Wildman–Crippen LogP) is 7.29. The molecule has 0 heteroatoms. The van der Waals surface area contributed by atoms with Crippen LogP contribution in [-0.2, 0) is 0 Å². The second-order valence-corrected chi connectivity index (χ2v) is 9.85. The molecule has 0 aromatic carbocycles. The van der Waals surface area contributed by atoms with Crippen molar-refractivity contribution < 1.29 is 0 Å². The summed E-state index contributed by atoms with van der Waals surface area (Å²) in [4.78, 5) is 0. The lowest BCUT2D eigenvalue weighted by Gasteiger charge is -2.47. The second kappa shape index (κ2) is 8.74. The summed E-state index contributed by atoms with van der Waals surface area (Å²) in [5.74, 6) is 8.11. The zero-order valence-electron chi connectivity index (χ0n) is 17.0. The van der Waals surface area contributed by atoms with Crippen LogP contribution in [0.3, 0.4) is 0 Å². The Morgan fingerprint density at radius 3 is 1.68 bits per heavy atom. The van der Waals surface area contributed by atoms with Crippen LogP contribution in [0.4, 0.5) is 0 Å². The standard InChI is InChI=1S/C22H44/c1-14(2)10-20-13-21(12-17(7)16(5)6)22(11-15(3)4)19(9)18(20)8/h14-22H,10-13H2,1-9H3. The summed E-state index contributed by atoms with van der Waals surface area (Å²) in [6.07, 6.45) is 5.83. The first kappa shape index (κ1) is 20.0. The minimum Gasteiger partial charge on any atom is -0.0628 e. The quantitative estimate of drug-likeness (QED) is 0.463. The second-order valence-electron chi connectivity index (χ2n) is 9.85. The van der Waals surface area contributed by atoms with Gasteiger partial charge in [0, 0.05) is 0 Å². The Balaban J connectivity index is 2.88. The van der Waals surface area contributed by atoms with Crippen molar-refractivity contribution in [2.75, 3.05) is 0 Å². The van der Waals surface area contributed by atoms with E-state index < -0.39 is 0 Å². The van der Waals surface area contributed by atoms with Crippen LogP contribution in [0.25, 0.3) is 0 Å². The van der Waals surface area contributed by atoms with Crippen LogP contribution >= 0.6 is 0 Å². The van der Waals surface area contributed by atoms with E-state index in [1.54, 1.807) is 0 Å². The van der Waals surface area contributed by atoms with Gasteiger partial charge in [0.05, 0.1) is 0 Å². The first-order valence-corrected chi connectivity index (χ1v) is 10.1. The summed E-state index contributed by atoms with van der Waals surface area (Å²) < 4.78 is 0. The summed E-state index contributed by atoms with van der Waals surface area (Å²) in [6.45, 7) is 22.1. The molecule has 0 amide bonds. The molecule has 0 radical (unpaired) electrons. The van der Waals surface area contributed by atoms with Gasteiger partial charge >= 0.3 is 0 Å². The SMILES string of the molecule is CC(C)CC1CC(CC(C)C(C)C)C(CC(C)C)C(C)C1C. The van der Waals surface area contributed by atoms with Crippen molar-refractivity contribution in [1.82, 2.24) is 0 Å². The fourth-order valence-corrected chi connectivity index (χ4v) is 4.92. The van der Waals surface area contributed by atoms with E-state index in [9.17, 15) is 0 Å². The molecule has 0 spiro atoms. The molecule has 6 unspecified atom stereocenters. The maximum absolute atomic E-state index is 2.57. The molecule has 6 atom stereocenters. The number of hydrogen-bond acceptors (Lipinski definition) is 0. The van der Waals surface area contributed by atoms with E-state index in [1.807, 2.05) is 0 Å². The Morgan fingerprint density at radius 1 is 0.682 bits per heavy atom. The van der Waals surface area contributed by atoms with Crippen molar-refractivity contribution >= 4 is 0 Å². The highest BCUT2D eigenvalue weighted by atomic mass is 14.5. The Morgan fingerprint density at radius 2 is 1.23 bits per heavy atom. The molecule has 1 saturated carbocycles. The molecule has 0 saturated heterocycles. The average molecular weight is 309 g/mol. The first-order valence-electron chi connectivity index (χ1n) is 10.1. The van der Waals surface area contributed by atoms with E-state index in [0.29, 0.717) is 0 Å². The average Bonchev–Trinajstić information content (AvgIpc) is 2.39. The Hall–Kier alpha value is 0. The maximum atomic E-state index is 2.57. The van der Waals surface area contributed by atoms with E-state index in [1.165, 1.54) is 25.7 Å². The summed E-state index contributed by atoms with van der Waals surface area (Å²) in [5, 5.41) is 0. The zero-order chi connectivity index (χ0) is 17.0. The van der Waals surface area contributed by atoms with Gasteiger partial charge in [-0.25, -0.2) is 0 Å². The molecular weight excluding hydrogens is 264 g/mol. The van der Waals surface area contributed by atoms with E-state index in [4.69, 9.17) is 0 Å². The predicted molar refractivity (Wildman–Crippen MR) is 101 cm³/mol. The Kier molecular flexibility index (Phi) is 7.96. The smallest absolute Gasteiger partial charge is 0.0355 e. The lowest BCUT2D eigenvalue weighted by atomic mass is 9.58. The minimum absolute atomic E-state index is 0.831. The minimum atomic E-state index is 0.831. The van der Waals surface area contributed by atoms with Crippen LogP contribution in [0, 0.1) is 53.3 Å². The molecule has 0 N–H and O–H groups in total. The summed E-state index contributed by atoms with van der Waals surface area (Å²) in [5.41, 5.74) is 0. The fraction of sp³-hybridized carbons (Fsp3) is 1.00. The lowest BCUT2D eigenvalue weighted by Crippen LogP contribution is -2.39. The number of hydrogen-bond donors (Lipinski definition) is 0. The van der Waals surface area contributed by atoms with Gasteiger partial charge in [0.2, 0.25) is 0 Å². The Labute approximate surface area is 141 Å². The molecule has 22 heavy (non-hydrogen) atoms. The van der Waals surface area contributed by atoms with Crippen LogP contribution < -0.4 is 0 Å². The van der Waals surface area contributed by atoms with Gasteiger partial charge < -0.3 is 0 Å². The fourth-order valence-electron chi connectivity index (χ4n) is 4.92. The molecule has 1 aliphatic rings. The van der Waals surface area contributed by atoms with Crippen molar-refractivity contribution in [2.45, 2.75) is 88.0 Å². The largest absolute Gasteiger partial charge is 0.0628 e. The van der Waals surface area contributed by atoms with E-state index in [-0.39, 0.29) is 0 Å². The van der Waals surface area contributed by atoms with Gasteiger partial charge in [-0.15, -0.1) is 0 Å². The molecule has 1 rings (SSSR count). The van der Waals surface area contributed by atoms with Crippen LogP contribution in [0.1, 0.15) is 88.0 Å². The Bertz CT molecular complexity index is 301. The van der Waals surface area contributed by atoms with Crippen molar-refractivity contribution in [3.05, 3.63) is 0 Å². The van der Waals surface area contributed by atoms with Gasteiger partial charge in [0.1, 0.15) is 0 Å². The van der Waals surface area contributed by atoms with Crippen molar-refractivity contribution in [3.63, 3.8) is 0 Å². The van der Waals surface area contributed by atoms with Crippen LogP contribution in [0.2, 0.25) is 0 Å². The van der Waals surface area contributed by atoms with E-state index in [2.05, 4.69) is 62.3 Å². The third-order valence-electron chi connectivity index (χ3n) is 6.79. The van der Waals surface area contributed by atoms with Crippen molar-refractivity contribution in [3.8, 4) is 0 Å². The van der Waals surface area contributed by atoms with Gasteiger partial charge in [-0.1, -0.05) is 62.3 Å². The maximum Gasteiger partial charge on any atom is -0.0355 e. The third kappa shape index (κ3) is 5.57. The van der Waals surface area contributed by atoms with Crippen LogP contribution in [-0.4, -0.2) is 0 Å². The highest BCUT2D eigenvalue weighted by molar-refractivity contribution is 4.90. The highest BCUT2D eigenvalue weighted by Gasteiger charge is 2.40. The van der Waals surface area contributed by atoms with Gasteiger partial charge in [-0.3, -0.25) is 0 Å². The molecule has 0 aromatic heterocycles. The topological polar surface area (TPSA) is 0 Å². The normalized spacial score (nSPS) is 34.6. The van der Waals surface area contributed by atoms with Crippen molar-refractivity contribution in [2.24, 2.45) is 53.3 Å². The number of rotatable bonds is 7. The molecule has 1 aliphatic carbocycles. The van der Waals surface area contributed by atoms with Gasteiger partial charge in [-0.2, -0.15) is 0 Å². The molecule has 0 nitrogen and oxygen atoms in total. The molecule has 132 valence electrons. The molecule has 0 aliphatic heterocycles. The summed E-state index contributed by atoms with van der Waals surface area (Å²) in [7, 11) is 0. The van der Waals surface area contributed by atoms with Crippen molar-refractivity contribution in [1.29, 1.82) is 0 Å². The van der Waals surface area contributed by atoms with Crippen LogP contribution in [0.15, 0.2) is 0 Å². The summed E-state index contributed by atoms with van der Waals surface area (Å²) in [6, 6.07) is 0. The molecule has 0 aromatic rings. The first-order chi connectivity index (χ1) is 10.1. The zero-order valence-corrected chi connectivity index (χ0v) is 17.0. The third-order valence-corrected chi connectivity index (χ3v) is 6.79.